The van der Waals surface area contributed by atoms with Crippen molar-refractivity contribution in [2.24, 2.45) is 10.8 Å². The number of rotatable bonds is 4. The van der Waals surface area contributed by atoms with E-state index in [2.05, 4.69) is 95.3 Å². The molecule has 3 aromatic carbocycles. The predicted octanol–water partition coefficient (Wildman–Crippen LogP) is 12.7. The van der Waals surface area contributed by atoms with Crippen LogP contribution >= 0.6 is 22.7 Å². The van der Waals surface area contributed by atoms with Gasteiger partial charge in [-0.05, 0) is 55.7 Å². The summed E-state index contributed by atoms with van der Waals surface area (Å²) in [7, 11) is 0. The number of alkyl halides is 3. The molecule has 3 heterocycles. The van der Waals surface area contributed by atoms with Gasteiger partial charge in [0.25, 0.3) is 0 Å². The van der Waals surface area contributed by atoms with Gasteiger partial charge in [0, 0.05) is 56.4 Å². The zero-order chi connectivity index (χ0) is 37.0. The molecule has 1 N–H and O–H groups in total. The third kappa shape index (κ3) is 7.99. The number of hydrogen-bond acceptors (Lipinski definition) is 6. The first-order chi connectivity index (χ1) is 23.1. The quantitative estimate of drug-likeness (QED) is 0.109. The minimum absolute atomic E-state index is 0. The summed E-state index contributed by atoms with van der Waals surface area (Å²) in [5.74, 6) is -1.50. The van der Waals surface area contributed by atoms with E-state index in [9.17, 15) is 23.1 Å². The topological polar surface area (TPSA) is 63.1 Å². The van der Waals surface area contributed by atoms with Crippen LogP contribution in [-0.4, -0.2) is 27.0 Å². The van der Waals surface area contributed by atoms with Gasteiger partial charge in [0.1, 0.15) is 17.5 Å². The van der Waals surface area contributed by atoms with Crippen LogP contribution in [-0.2, 0) is 30.3 Å². The van der Waals surface area contributed by atoms with Gasteiger partial charge in [-0.2, -0.15) is 13.2 Å². The fourth-order valence-electron chi connectivity index (χ4n) is 5.46. The number of benzene rings is 3. The second-order valence-electron chi connectivity index (χ2n) is 15.2. The van der Waals surface area contributed by atoms with Crippen LogP contribution in [0.25, 0.3) is 52.1 Å². The van der Waals surface area contributed by atoms with Gasteiger partial charge in [0.2, 0.25) is 0 Å². The summed E-state index contributed by atoms with van der Waals surface area (Å²) in [6.07, 6.45) is -2.26. The van der Waals surface area contributed by atoms with Crippen LogP contribution in [0.1, 0.15) is 72.1 Å². The number of aliphatic hydroxyl groups excluding tert-OH is 1. The number of aromatic nitrogens is 2. The third-order valence-corrected chi connectivity index (χ3v) is 11.7. The van der Waals surface area contributed by atoms with Gasteiger partial charge in [-0.1, -0.05) is 88.9 Å². The van der Waals surface area contributed by atoms with Crippen molar-refractivity contribution in [1.29, 1.82) is 0 Å². The van der Waals surface area contributed by atoms with E-state index in [0.29, 0.717) is 6.08 Å². The van der Waals surface area contributed by atoms with Crippen molar-refractivity contribution in [3.63, 3.8) is 0 Å². The Bertz CT molecular complexity index is 2270. The van der Waals surface area contributed by atoms with E-state index in [-0.39, 0.29) is 31.3 Å². The van der Waals surface area contributed by atoms with Crippen LogP contribution in [0.3, 0.4) is 0 Å². The number of aryl methyl sites for hydroxylation is 2. The van der Waals surface area contributed by atoms with Crippen molar-refractivity contribution in [2.75, 3.05) is 0 Å². The number of nitrogens with zero attached hydrogens (tertiary/aromatic N) is 2. The molecule has 3 aromatic heterocycles. The molecule has 0 aliphatic heterocycles. The minimum atomic E-state index is -4.63. The van der Waals surface area contributed by atoms with Crippen molar-refractivity contribution in [3.8, 4) is 21.0 Å². The van der Waals surface area contributed by atoms with Crippen LogP contribution in [0, 0.1) is 30.7 Å². The number of fused-ring (bicyclic) bond motifs is 3. The largest absolute Gasteiger partial charge is 0.512 e. The van der Waals surface area contributed by atoms with E-state index in [1.807, 2.05) is 22.7 Å². The zero-order valence-corrected chi connectivity index (χ0v) is 34.4. The van der Waals surface area contributed by atoms with E-state index in [1.54, 1.807) is 27.1 Å². The van der Waals surface area contributed by atoms with Crippen LogP contribution < -0.4 is 0 Å². The van der Waals surface area contributed by atoms with Gasteiger partial charge < -0.3 is 5.11 Å². The molecule has 1 radical (unpaired) electrons. The molecule has 0 atom stereocenters. The van der Waals surface area contributed by atoms with Gasteiger partial charge >= 0.3 is 6.18 Å². The molecule has 10 heteroatoms. The first-order valence-electron chi connectivity index (χ1n) is 16.3. The number of carbonyl (C=O) groups excluding carboxylic acids is 1. The standard InChI is InChI=1S/C30H25N2S2.C11H17F3O2.Ir/c1-17-21-11-8-9-13-24(21)33-27(17)28-18(2)25-29(34-28)26(32-16-31-25)20-14-19-10-6-7-12-22(19)23(15-20)30(3,4)5;1-9(2,3)7(15)6-8(16)10(4,5)11(12,13)14;/h6-13,15-16H,1-5H3;6,15H,1-5H3;/q-1;;/b;7-6-;. The van der Waals surface area contributed by atoms with Crippen molar-refractivity contribution in [1.82, 2.24) is 9.97 Å². The van der Waals surface area contributed by atoms with Crippen molar-refractivity contribution in [2.45, 2.75) is 80.8 Å². The van der Waals surface area contributed by atoms with E-state index in [0.717, 1.165) is 40.7 Å². The molecule has 0 unspecified atom stereocenters. The number of allylic oxidation sites excluding steroid dienone is 2. The molecule has 0 amide bonds. The summed E-state index contributed by atoms with van der Waals surface area (Å²) in [4.78, 5) is 23.6. The Balaban J connectivity index is 0.000000294. The summed E-state index contributed by atoms with van der Waals surface area (Å²) < 4.78 is 40.0. The number of aliphatic hydroxyl groups is 1. The van der Waals surface area contributed by atoms with Crippen molar-refractivity contribution in [3.05, 3.63) is 95.5 Å². The van der Waals surface area contributed by atoms with Crippen LogP contribution in [0.15, 0.2) is 72.8 Å². The summed E-state index contributed by atoms with van der Waals surface area (Å²) >= 11 is 3.68. The number of halogens is 3. The van der Waals surface area contributed by atoms with Crippen LogP contribution in [0.4, 0.5) is 13.2 Å². The average Bonchev–Trinajstić information content (AvgIpc) is 3.55. The summed E-state index contributed by atoms with van der Waals surface area (Å²) in [5.41, 5.74) is 3.74. The molecule has 4 nitrogen and oxygen atoms in total. The molecule has 0 saturated heterocycles. The Morgan fingerprint density at radius 2 is 1.41 bits per heavy atom. The van der Waals surface area contributed by atoms with Gasteiger partial charge in [-0.3, -0.25) is 9.78 Å². The smallest absolute Gasteiger partial charge is 0.401 e. The molecule has 271 valence electrons. The van der Waals surface area contributed by atoms with E-state index >= 15 is 0 Å². The number of carbonyl (C=O) groups is 1. The third-order valence-electron chi connectivity index (χ3n) is 8.95. The van der Waals surface area contributed by atoms with Crippen LogP contribution in [0.2, 0.25) is 0 Å². The Kier molecular flexibility index (Phi) is 11.5. The first-order valence-corrected chi connectivity index (χ1v) is 18.0. The zero-order valence-electron chi connectivity index (χ0n) is 30.4. The summed E-state index contributed by atoms with van der Waals surface area (Å²) in [5, 5.41) is 13.2. The molecular weight excluding hydrogens is 866 g/mol. The second kappa shape index (κ2) is 14.5. The summed E-state index contributed by atoms with van der Waals surface area (Å²) in [6, 6.07) is 23.2. The second-order valence-corrected chi connectivity index (χ2v) is 17.2. The molecular formula is C41H42F3IrN2O2S2-. The maximum Gasteiger partial charge on any atom is 0.401 e. The molecule has 6 aromatic rings. The Morgan fingerprint density at radius 3 is 2.00 bits per heavy atom. The van der Waals surface area contributed by atoms with E-state index < -0.39 is 22.8 Å². The normalized spacial score (nSPS) is 12.9. The average molecular weight is 908 g/mol. The van der Waals surface area contributed by atoms with Gasteiger partial charge in [0.05, 0.1) is 5.52 Å². The maximum atomic E-state index is 12.5. The van der Waals surface area contributed by atoms with Crippen molar-refractivity contribution >= 4 is 59.5 Å². The minimum Gasteiger partial charge on any atom is -0.512 e. The molecule has 0 spiro atoms. The Hall–Kier alpha value is -3.43. The van der Waals surface area contributed by atoms with Crippen LogP contribution in [0.5, 0.6) is 0 Å². The molecule has 0 fully saturated rings. The molecule has 0 aliphatic carbocycles. The van der Waals surface area contributed by atoms with E-state index in [4.69, 9.17) is 9.97 Å². The number of thiophene rings is 2. The van der Waals surface area contributed by atoms with E-state index in [1.165, 1.54) is 41.9 Å². The van der Waals surface area contributed by atoms with Gasteiger partial charge in [-0.25, -0.2) is 4.98 Å². The SMILES string of the molecule is CC(C)(C)/C(O)=C/C(=O)C(C)(C)C(F)(F)F.Cc1c(-c2sc3c(-c4[c-]c5ccccc5c(C(C)(C)C)c4)ncnc3c2C)sc2ccccc12.[Ir]. The monoisotopic (exact) mass is 908 g/mol. The first kappa shape index (κ1) is 40.3. The molecule has 0 bridgehead atoms. The maximum absolute atomic E-state index is 12.5. The Labute approximate surface area is 319 Å². The van der Waals surface area contributed by atoms with Gasteiger partial charge in [-0.15, -0.1) is 51.8 Å². The summed E-state index contributed by atoms with van der Waals surface area (Å²) in [6.45, 7) is 17.6. The fraction of sp³-hybridized carbons (Fsp3) is 0.341. The number of ketones is 1. The predicted molar refractivity (Wildman–Crippen MR) is 203 cm³/mol. The number of hydrogen-bond donors (Lipinski definition) is 1. The Morgan fingerprint density at radius 1 is 0.824 bits per heavy atom. The molecule has 0 aliphatic rings. The fourth-order valence-corrected chi connectivity index (χ4v) is 8.18. The molecule has 6 rings (SSSR count). The molecule has 0 saturated carbocycles. The van der Waals surface area contributed by atoms with Crippen molar-refractivity contribution < 1.29 is 43.2 Å². The van der Waals surface area contributed by atoms with Gasteiger partial charge in [0.15, 0.2) is 5.78 Å². The molecule has 51 heavy (non-hydrogen) atoms.